The number of nitrogens with zero attached hydrogens (tertiary/aromatic N) is 2. The molecule has 0 amide bonds. The Morgan fingerprint density at radius 2 is 2.05 bits per heavy atom. The standard InChI is InChI=1S/C15H22ClN3OS/c1-15(2,3)10-7-8-11(16)13-12(9-21(6,20)17-4)18-19(5)14(10)13/h7-8H,6,9H2,1-5H3,(H,17,20). The zero-order valence-corrected chi connectivity index (χ0v) is 14.7. The van der Waals surface area contributed by atoms with E-state index in [0.717, 1.165) is 16.6 Å². The molecule has 1 unspecified atom stereocenters. The summed E-state index contributed by atoms with van der Waals surface area (Å²) in [5.41, 5.74) is 2.86. The maximum absolute atomic E-state index is 12.3. The smallest absolute Gasteiger partial charge is 0.0850 e. The van der Waals surface area contributed by atoms with Crippen LogP contribution >= 0.6 is 11.6 Å². The summed E-state index contributed by atoms with van der Waals surface area (Å²) in [5.74, 6) is 3.98. The first kappa shape index (κ1) is 16.3. The van der Waals surface area contributed by atoms with Crippen molar-refractivity contribution in [3.8, 4) is 0 Å². The quantitative estimate of drug-likeness (QED) is 0.881. The van der Waals surface area contributed by atoms with Crippen LogP contribution in [-0.2, 0) is 27.9 Å². The number of nitrogens with one attached hydrogen (secondary N) is 1. The molecule has 1 aromatic carbocycles. The van der Waals surface area contributed by atoms with Gasteiger partial charge in [0.15, 0.2) is 0 Å². The molecule has 1 N–H and O–H groups in total. The van der Waals surface area contributed by atoms with Crippen LogP contribution in [0.4, 0.5) is 0 Å². The van der Waals surface area contributed by atoms with E-state index in [2.05, 4.69) is 36.5 Å². The van der Waals surface area contributed by atoms with Crippen LogP contribution in [0.2, 0.25) is 5.02 Å². The van der Waals surface area contributed by atoms with Gasteiger partial charge in [0.25, 0.3) is 0 Å². The van der Waals surface area contributed by atoms with Crippen molar-refractivity contribution in [3.05, 3.63) is 28.4 Å². The zero-order valence-electron chi connectivity index (χ0n) is 13.2. The summed E-state index contributed by atoms with van der Waals surface area (Å²) in [7, 11) is 1.13. The summed E-state index contributed by atoms with van der Waals surface area (Å²) in [4.78, 5) is 0. The number of aryl methyl sites for hydroxylation is 1. The van der Waals surface area contributed by atoms with Gasteiger partial charge in [0.05, 0.1) is 22.0 Å². The van der Waals surface area contributed by atoms with Crippen molar-refractivity contribution < 1.29 is 4.21 Å². The van der Waals surface area contributed by atoms with Gasteiger partial charge < -0.3 is 0 Å². The molecule has 0 aliphatic heterocycles. The van der Waals surface area contributed by atoms with Gasteiger partial charge in [-0.25, -0.2) is 4.72 Å². The van der Waals surface area contributed by atoms with E-state index in [1.165, 1.54) is 5.56 Å². The molecule has 0 spiro atoms. The summed E-state index contributed by atoms with van der Waals surface area (Å²) in [6.07, 6.45) is 0. The Bertz CT molecular complexity index is 785. The number of hydrogen-bond donors (Lipinski definition) is 1. The molecule has 1 aromatic heterocycles. The molecule has 116 valence electrons. The van der Waals surface area contributed by atoms with E-state index in [1.54, 1.807) is 7.05 Å². The molecule has 6 heteroatoms. The van der Waals surface area contributed by atoms with Gasteiger partial charge in [0.1, 0.15) is 0 Å². The molecule has 0 aliphatic rings. The lowest BCUT2D eigenvalue weighted by Gasteiger charge is -2.21. The van der Waals surface area contributed by atoms with E-state index < -0.39 is 9.71 Å². The minimum absolute atomic E-state index is 0.0250. The van der Waals surface area contributed by atoms with Crippen molar-refractivity contribution in [2.75, 3.05) is 7.05 Å². The number of benzene rings is 1. The van der Waals surface area contributed by atoms with Crippen molar-refractivity contribution >= 4 is 38.1 Å². The highest BCUT2D eigenvalue weighted by molar-refractivity contribution is 7.97. The molecular formula is C15H22ClN3OS. The minimum Gasteiger partial charge on any atom is -0.267 e. The van der Waals surface area contributed by atoms with E-state index in [9.17, 15) is 4.21 Å². The van der Waals surface area contributed by atoms with Crippen LogP contribution in [0.3, 0.4) is 0 Å². The first-order chi connectivity index (χ1) is 9.57. The predicted octanol–water partition coefficient (Wildman–Crippen LogP) is 2.88. The van der Waals surface area contributed by atoms with Crippen molar-refractivity contribution in [2.45, 2.75) is 31.9 Å². The predicted molar refractivity (Wildman–Crippen MR) is 92.5 cm³/mol. The zero-order chi connectivity index (χ0) is 16.0. The second kappa shape index (κ2) is 5.30. The molecule has 4 nitrogen and oxygen atoms in total. The SMILES string of the molecule is C=S(=O)(Cc1nn(C)c2c(C(C)(C)C)ccc(Cl)c12)NC. The maximum atomic E-state index is 12.3. The summed E-state index contributed by atoms with van der Waals surface area (Å²) < 4.78 is 16.8. The Labute approximate surface area is 131 Å². The molecule has 0 saturated carbocycles. The van der Waals surface area contributed by atoms with Crippen LogP contribution in [0.1, 0.15) is 32.0 Å². The molecule has 0 fully saturated rings. The van der Waals surface area contributed by atoms with Gasteiger partial charge in [-0.05, 0) is 30.0 Å². The average molecular weight is 328 g/mol. The van der Waals surface area contributed by atoms with Gasteiger partial charge in [0, 0.05) is 22.1 Å². The Hall–Kier alpha value is -1.04. The van der Waals surface area contributed by atoms with Crippen molar-refractivity contribution in [3.63, 3.8) is 0 Å². The van der Waals surface area contributed by atoms with Crippen molar-refractivity contribution in [2.24, 2.45) is 7.05 Å². The van der Waals surface area contributed by atoms with Crippen molar-refractivity contribution in [1.29, 1.82) is 0 Å². The average Bonchev–Trinajstić information content (AvgIpc) is 2.66. The van der Waals surface area contributed by atoms with Crippen LogP contribution in [-0.4, -0.2) is 26.9 Å². The molecule has 1 heterocycles. The number of hydrogen-bond acceptors (Lipinski definition) is 2. The fraction of sp³-hybridized carbons (Fsp3) is 0.467. The Balaban J connectivity index is 2.78. The number of rotatable bonds is 3. The molecule has 0 saturated heterocycles. The summed E-state index contributed by atoms with van der Waals surface area (Å²) in [6.45, 7) is 6.46. The van der Waals surface area contributed by atoms with E-state index >= 15 is 0 Å². The number of aromatic nitrogens is 2. The first-order valence-corrected chi connectivity index (χ1v) is 9.02. The number of halogens is 1. The summed E-state index contributed by atoms with van der Waals surface area (Å²) in [6, 6.07) is 3.93. The van der Waals surface area contributed by atoms with Crippen LogP contribution < -0.4 is 4.72 Å². The monoisotopic (exact) mass is 327 g/mol. The lowest BCUT2D eigenvalue weighted by molar-refractivity contribution is 0.590. The van der Waals surface area contributed by atoms with Crippen LogP contribution in [0.25, 0.3) is 10.9 Å². The third kappa shape index (κ3) is 3.10. The highest BCUT2D eigenvalue weighted by Gasteiger charge is 2.23. The van der Waals surface area contributed by atoms with Crippen LogP contribution in [0.15, 0.2) is 12.1 Å². The lowest BCUT2D eigenvalue weighted by Crippen LogP contribution is -2.20. The Kier molecular flexibility index (Phi) is 4.12. The summed E-state index contributed by atoms with van der Waals surface area (Å²) in [5, 5.41) is 6.04. The fourth-order valence-electron chi connectivity index (χ4n) is 2.46. The highest BCUT2D eigenvalue weighted by atomic mass is 35.5. The Morgan fingerprint density at radius 1 is 1.43 bits per heavy atom. The van der Waals surface area contributed by atoms with Gasteiger partial charge in [-0.1, -0.05) is 38.4 Å². The van der Waals surface area contributed by atoms with E-state index in [4.69, 9.17) is 11.6 Å². The highest BCUT2D eigenvalue weighted by Crippen LogP contribution is 2.35. The molecule has 0 radical (unpaired) electrons. The molecular weight excluding hydrogens is 306 g/mol. The molecule has 21 heavy (non-hydrogen) atoms. The second-order valence-electron chi connectivity index (χ2n) is 6.30. The lowest BCUT2D eigenvalue weighted by atomic mass is 9.85. The molecule has 0 aliphatic carbocycles. The Morgan fingerprint density at radius 3 is 2.57 bits per heavy atom. The largest absolute Gasteiger partial charge is 0.267 e. The molecule has 0 bridgehead atoms. The minimum atomic E-state index is -2.40. The molecule has 2 rings (SSSR count). The van der Waals surface area contributed by atoms with E-state index in [1.807, 2.05) is 23.9 Å². The maximum Gasteiger partial charge on any atom is 0.0850 e. The van der Waals surface area contributed by atoms with Crippen LogP contribution in [0, 0.1) is 0 Å². The topological polar surface area (TPSA) is 46.9 Å². The van der Waals surface area contributed by atoms with Gasteiger partial charge in [-0.2, -0.15) is 5.10 Å². The van der Waals surface area contributed by atoms with E-state index in [-0.39, 0.29) is 11.2 Å². The van der Waals surface area contributed by atoms with Gasteiger partial charge in [0.2, 0.25) is 0 Å². The summed E-state index contributed by atoms with van der Waals surface area (Å²) >= 11 is 6.38. The molecule has 1 atom stereocenters. The third-order valence-corrected chi connectivity index (χ3v) is 5.36. The van der Waals surface area contributed by atoms with E-state index in [0.29, 0.717) is 5.02 Å². The molecule has 2 aromatic rings. The van der Waals surface area contributed by atoms with Crippen molar-refractivity contribution in [1.82, 2.24) is 14.5 Å². The second-order valence-corrected chi connectivity index (χ2v) is 9.03. The third-order valence-electron chi connectivity index (χ3n) is 3.56. The van der Waals surface area contributed by atoms with Gasteiger partial charge in [-0.3, -0.25) is 8.89 Å². The normalized spacial score (nSPS) is 15.3. The number of fused-ring (bicyclic) bond motifs is 1. The van der Waals surface area contributed by atoms with Gasteiger partial charge >= 0.3 is 0 Å². The fourth-order valence-corrected chi connectivity index (χ4v) is 3.51. The van der Waals surface area contributed by atoms with Gasteiger partial charge in [-0.15, -0.1) is 0 Å². The van der Waals surface area contributed by atoms with Crippen LogP contribution in [0.5, 0.6) is 0 Å². The first-order valence-electron chi connectivity index (χ1n) is 6.75.